The van der Waals surface area contributed by atoms with Crippen LogP contribution in [0.25, 0.3) is 100 Å². The van der Waals surface area contributed by atoms with E-state index in [0.29, 0.717) is 17.5 Å². The van der Waals surface area contributed by atoms with Gasteiger partial charge in [-0.15, -0.1) is 0 Å². The third kappa shape index (κ3) is 4.88. The molecule has 59 heavy (non-hydrogen) atoms. The average molecular weight is 756 g/mol. The Morgan fingerprint density at radius 1 is 0.407 bits per heavy atom. The second-order valence-electron chi connectivity index (χ2n) is 16.0. The molecule has 0 amide bonds. The highest BCUT2D eigenvalue weighted by Gasteiger charge is 2.41. The molecule has 1 aliphatic rings. The van der Waals surface area contributed by atoms with Crippen molar-refractivity contribution in [2.24, 2.45) is 0 Å². The van der Waals surface area contributed by atoms with E-state index in [1.165, 1.54) is 60.3 Å². The number of hydrogen-bond donors (Lipinski definition) is 0. The Hall–Kier alpha value is -7.63. The van der Waals surface area contributed by atoms with Crippen LogP contribution < -0.4 is 0 Å². The SMILES string of the molecule is CC1(C)c2ccccc2-c2c1c1c3ccccc3n(-c3cccc(-c4nc(-c5ccccc5)nc(-c5ccccc5)n4)c3)c1c1c2c2ccccc2n1-c1ccccc1. The first-order chi connectivity index (χ1) is 29.1. The van der Waals surface area contributed by atoms with Crippen LogP contribution in [0.5, 0.6) is 0 Å². The van der Waals surface area contributed by atoms with E-state index in [1.807, 2.05) is 36.4 Å². The van der Waals surface area contributed by atoms with Crippen LogP contribution in [0.4, 0.5) is 0 Å². The van der Waals surface area contributed by atoms with Gasteiger partial charge in [0.2, 0.25) is 0 Å². The Morgan fingerprint density at radius 2 is 0.864 bits per heavy atom. The third-order valence-electron chi connectivity index (χ3n) is 12.3. The van der Waals surface area contributed by atoms with Gasteiger partial charge in [-0.2, -0.15) is 0 Å². The zero-order valence-corrected chi connectivity index (χ0v) is 32.6. The van der Waals surface area contributed by atoms with Crippen molar-refractivity contribution in [3.8, 4) is 56.7 Å². The molecule has 12 rings (SSSR count). The van der Waals surface area contributed by atoms with Gasteiger partial charge < -0.3 is 9.13 Å². The molecule has 1 aliphatic carbocycles. The number of nitrogens with zero attached hydrogens (tertiary/aromatic N) is 5. The molecule has 0 spiro atoms. The highest BCUT2D eigenvalue weighted by Crippen LogP contribution is 2.58. The Labute approximate surface area is 341 Å². The minimum Gasteiger partial charge on any atom is -0.307 e. The van der Waals surface area contributed by atoms with E-state index in [2.05, 4.69) is 175 Å². The van der Waals surface area contributed by atoms with Crippen molar-refractivity contribution in [3.63, 3.8) is 0 Å². The van der Waals surface area contributed by atoms with Gasteiger partial charge in [0.25, 0.3) is 0 Å². The largest absolute Gasteiger partial charge is 0.307 e. The van der Waals surface area contributed by atoms with E-state index in [0.717, 1.165) is 33.6 Å². The Bertz CT molecular complexity index is 3390. The van der Waals surface area contributed by atoms with Gasteiger partial charge in [0, 0.05) is 55.0 Å². The van der Waals surface area contributed by atoms with E-state index in [1.54, 1.807) is 0 Å². The normalized spacial score (nSPS) is 13.1. The van der Waals surface area contributed by atoms with E-state index >= 15 is 0 Å². The summed E-state index contributed by atoms with van der Waals surface area (Å²) in [7, 11) is 0. The smallest absolute Gasteiger partial charge is 0.164 e. The molecule has 0 atom stereocenters. The Morgan fingerprint density at radius 3 is 1.51 bits per heavy atom. The second-order valence-corrected chi connectivity index (χ2v) is 16.0. The minimum atomic E-state index is -0.252. The zero-order valence-electron chi connectivity index (χ0n) is 32.6. The summed E-state index contributed by atoms with van der Waals surface area (Å²) < 4.78 is 4.98. The van der Waals surface area contributed by atoms with Gasteiger partial charge in [-0.3, -0.25) is 0 Å². The van der Waals surface area contributed by atoms with Crippen molar-refractivity contribution in [3.05, 3.63) is 199 Å². The van der Waals surface area contributed by atoms with E-state index < -0.39 is 0 Å². The van der Waals surface area contributed by atoms with Crippen LogP contribution in [0.1, 0.15) is 25.0 Å². The molecule has 278 valence electrons. The highest BCUT2D eigenvalue weighted by molar-refractivity contribution is 6.31. The topological polar surface area (TPSA) is 48.5 Å². The van der Waals surface area contributed by atoms with Gasteiger partial charge in [-0.25, -0.2) is 15.0 Å². The second kappa shape index (κ2) is 12.7. The number of benzene rings is 8. The fourth-order valence-corrected chi connectivity index (χ4v) is 9.79. The molecular formula is C54H37N5. The van der Waals surface area contributed by atoms with Gasteiger partial charge >= 0.3 is 0 Å². The van der Waals surface area contributed by atoms with Crippen LogP contribution >= 0.6 is 0 Å². The molecule has 0 N–H and O–H groups in total. The van der Waals surface area contributed by atoms with Crippen molar-refractivity contribution < 1.29 is 0 Å². The fraction of sp³-hybridized carbons (Fsp3) is 0.0556. The molecular weight excluding hydrogens is 719 g/mol. The summed E-state index contributed by atoms with van der Waals surface area (Å²) in [5.74, 6) is 1.91. The summed E-state index contributed by atoms with van der Waals surface area (Å²) in [4.78, 5) is 15.2. The first-order valence-electron chi connectivity index (χ1n) is 20.2. The quantitative estimate of drug-likeness (QED) is 0.176. The highest BCUT2D eigenvalue weighted by atomic mass is 15.1. The molecule has 0 saturated carbocycles. The molecule has 5 heteroatoms. The Balaban J connectivity index is 1.23. The van der Waals surface area contributed by atoms with Crippen molar-refractivity contribution >= 4 is 43.6 Å². The molecule has 0 radical (unpaired) electrons. The predicted octanol–water partition coefficient (Wildman–Crippen LogP) is 13.4. The lowest BCUT2D eigenvalue weighted by molar-refractivity contribution is 0.667. The van der Waals surface area contributed by atoms with Crippen LogP contribution in [0.15, 0.2) is 188 Å². The molecule has 0 fully saturated rings. The fourth-order valence-electron chi connectivity index (χ4n) is 9.79. The van der Waals surface area contributed by atoms with Crippen LogP contribution in [0.2, 0.25) is 0 Å². The lowest BCUT2D eigenvalue weighted by Crippen LogP contribution is -2.15. The third-order valence-corrected chi connectivity index (χ3v) is 12.3. The number of hydrogen-bond acceptors (Lipinski definition) is 3. The summed E-state index contributed by atoms with van der Waals surface area (Å²) in [6.45, 7) is 4.81. The first-order valence-corrected chi connectivity index (χ1v) is 20.2. The molecule has 0 aliphatic heterocycles. The van der Waals surface area contributed by atoms with Crippen LogP contribution in [-0.4, -0.2) is 24.1 Å². The van der Waals surface area contributed by atoms with Crippen molar-refractivity contribution in [2.75, 3.05) is 0 Å². The molecule has 11 aromatic rings. The lowest BCUT2D eigenvalue weighted by atomic mass is 9.80. The maximum atomic E-state index is 5.13. The maximum Gasteiger partial charge on any atom is 0.164 e. The summed E-state index contributed by atoms with van der Waals surface area (Å²) >= 11 is 0. The minimum absolute atomic E-state index is 0.252. The van der Waals surface area contributed by atoms with Gasteiger partial charge in [0.1, 0.15) is 0 Å². The molecule has 3 heterocycles. The molecule has 8 aromatic carbocycles. The molecule has 0 unspecified atom stereocenters. The van der Waals surface area contributed by atoms with Crippen molar-refractivity contribution in [1.82, 2.24) is 24.1 Å². The van der Waals surface area contributed by atoms with E-state index in [4.69, 9.17) is 15.0 Å². The number of fused-ring (bicyclic) bond motifs is 12. The number of rotatable bonds is 5. The molecule has 0 bridgehead atoms. The summed E-state index contributed by atoms with van der Waals surface area (Å²) in [5, 5.41) is 5.04. The average Bonchev–Trinajstić information content (AvgIpc) is 3.90. The van der Waals surface area contributed by atoms with E-state index in [-0.39, 0.29) is 5.41 Å². The predicted molar refractivity (Wildman–Crippen MR) is 242 cm³/mol. The van der Waals surface area contributed by atoms with Crippen LogP contribution in [0, 0.1) is 0 Å². The van der Waals surface area contributed by atoms with E-state index in [9.17, 15) is 0 Å². The molecule has 5 nitrogen and oxygen atoms in total. The zero-order chi connectivity index (χ0) is 39.2. The van der Waals surface area contributed by atoms with Crippen LogP contribution in [0.3, 0.4) is 0 Å². The number of para-hydroxylation sites is 3. The van der Waals surface area contributed by atoms with Gasteiger partial charge in [-0.05, 0) is 58.7 Å². The van der Waals surface area contributed by atoms with Crippen molar-refractivity contribution in [1.29, 1.82) is 0 Å². The number of aromatic nitrogens is 5. The van der Waals surface area contributed by atoms with Gasteiger partial charge in [0.15, 0.2) is 17.5 Å². The van der Waals surface area contributed by atoms with Gasteiger partial charge in [-0.1, -0.05) is 166 Å². The van der Waals surface area contributed by atoms with Crippen molar-refractivity contribution in [2.45, 2.75) is 19.3 Å². The molecule has 3 aromatic heterocycles. The first kappa shape index (κ1) is 33.5. The van der Waals surface area contributed by atoms with Crippen LogP contribution in [-0.2, 0) is 5.41 Å². The molecule has 0 saturated heterocycles. The standard InChI is InChI=1S/C54H37N5/c1-54(2)42-30-15-12-27-39(42)45-46-40-28-13-16-31-43(40)58(37-24-10-5-11-25-37)49(46)50-47(48(45)54)41-29-14-17-32-44(41)59(50)38-26-18-23-36(33-38)53-56-51(34-19-6-3-7-20-34)55-52(57-53)35-21-8-4-9-22-35/h3-33H,1-2H3. The summed E-state index contributed by atoms with van der Waals surface area (Å²) in [6.07, 6.45) is 0. The van der Waals surface area contributed by atoms with Gasteiger partial charge in [0.05, 0.1) is 22.1 Å². The summed E-state index contributed by atoms with van der Waals surface area (Å²) in [5.41, 5.74) is 14.8. The maximum absolute atomic E-state index is 5.13. The Kier molecular flexibility index (Phi) is 7.20. The lowest BCUT2D eigenvalue weighted by Gasteiger charge is -2.23. The summed E-state index contributed by atoms with van der Waals surface area (Å²) in [6, 6.07) is 66.8. The monoisotopic (exact) mass is 755 g/mol.